The molecule has 1 nitrogen and oxygen atoms in total. The van der Waals surface area contributed by atoms with E-state index in [2.05, 4.69) is 70.1 Å². The maximum absolute atomic E-state index is 6.38. The maximum atomic E-state index is 6.38. The Morgan fingerprint density at radius 3 is 2.53 bits per heavy atom. The molecule has 2 atom stereocenters. The molecule has 100 valence electrons. The number of hydrogen-bond donors (Lipinski definition) is 0. The van der Waals surface area contributed by atoms with Crippen molar-refractivity contribution < 1.29 is 4.65 Å². The van der Waals surface area contributed by atoms with Crippen molar-refractivity contribution in [3.8, 4) is 0 Å². The molecule has 2 fully saturated rings. The average Bonchev–Trinajstić information content (AvgIpc) is 3.15. The van der Waals surface area contributed by atoms with Crippen molar-refractivity contribution in [2.45, 2.75) is 45.5 Å². The largest absolute Gasteiger partial charge is 0.426 e. The van der Waals surface area contributed by atoms with Gasteiger partial charge in [0.25, 0.3) is 0 Å². The molecule has 0 radical (unpaired) electrons. The number of benzene rings is 1. The topological polar surface area (TPSA) is 9.23 Å². The van der Waals surface area contributed by atoms with Crippen molar-refractivity contribution in [1.82, 2.24) is 0 Å². The van der Waals surface area contributed by atoms with Gasteiger partial charge in [-0.2, -0.15) is 0 Å². The van der Waals surface area contributed by atoms with E-state index in [1.807, 2.05) is 0 Å². The van der Waals surface area contributed by atoms with E-state index in [4.69, 9.17) is 4.65 Å². The third-order valence-electron chi connectivity index (χ3n) is 5.45. The molecule has 0 N–H and O–H groups in total. The van der Waals surface area contributed by atoms with Crippen molar-refractivity contribution in [1.29, 1.82) is 0 Å². The first kappa shape index (κ1) is 13.0. The first-order valence-corrected chi connectivity index (χ1v) is 7.33. The second kappa shape index (κ2) is 4.24. The first-order valence-electron chi connectivity index (χ1n) is 7.33. The standard InChI is InChI=1S/C17H23BO/c1-16(2)14-12-15(14)18(19-17(16,3)4)11-10-13-8-6-5-7-9-13/h5-11,14-15H,12H2,1-4H3/b11-10+. The Labute approximate surface area is 117 Å². The molecule has 1 saturated heterocycles. The summed E-state index contributed by atoms with van der Waals surface area (Å²) in [5.41, 5.74) is 1.50. The predicted octanol–water partition coefficient (Wildman–Crippen LogP) is 4.46. The highest BCUT2D eigenvalue weighted by Crippen LogP contribution is 2.65. The van der Waals surface area contributed by atoms with E-state index < -0.39 is 0 Å². The summed E-state index contributed by atoms with van der Waals surface area (Å²) in [5, 5.41) is 0. The van der Waals surface area contributed by atoms with Crippen LogP contribution in [0.1, 0.15) is 39.7 Å². The fraction of sp³-hybridized carbons (Fsp3) is 0.529. The SMILES string of the molecule is CC1(C)OB(/C=C/c2ccccc2)C2CC2C1(C)C. The minimum absolute atomic E-state index is 0.0453. The zero-order valence-electron chi connectivity index (χ0n) is 12.4. The molecule has 2 aliphatic rings. The van der Waals surface area contributed by atoms with E-state index in [9.17, 15) is 0 Å². The van der Waals surface area contributed by atoms with Gasteiger partial charge in [-0.05, 0) is 36.6 Å². The van der Waals surface area contributed by atoms with Gasteiger partial charge in [0, 0.05) is 0 Å². The predicted molar refractivity (Wildman–Crippen MR) is 82.0 cm³/mol. The normalized spacial score (nSPS) is 31.3. The lowest BCUT2D eigenvalue weighted by Gasteiger charge is -2.47. The summed E-state index contributed by atoms with van der Waals surface area (Å²) in [6, 6.07) is 10.5. The van der Waals surface area contributed by atoms with Gasteiger partial charge in [0.1, 0.15) is 0 Å². The van der Waals surface area contributed by atoms with E-state index >= 15 is 0 Å². The number of fused-ring (bicyclic) bond motifs is 1. The zero-order chi connectivity index (χ0) is 13.7. The Morgan fingerprint density at radius 2 is 1.84 bits per heavy atom. The van der Waals surface area contributed by atoms with Crippen LogP contribution in [-0.2, 0) is 4.65 Å². The monoisotopic (exact) mass is 254 g/mol. The molecule has 1 aliphatic carbocycles. The molecule has 3 rings (SSSR count). The van der Waals surface area contributed by atoms with Gasteiger partial charge in [-0.15, -0.1) is 0 Å². The van der Waals surface area contributed by atoms with Gasteiger partial charge in [-0.3, -0.25) is 0 Å². The van der Waals surface area contributed by atoms with E-state index in [1.54, 1.807) is 0 Å². The smallest absolute Gasteiger partial charge is 0.323 e. The Balaban J connectivity index is 1.76. The molecule has 2 heteroatoms. The van der Waals surface area contributed by atoms with Gasteiger partial charge >= 0.3 is 6.92 Å². The molecular formula is C17H23BO. The molecule has 0 amide bonds. The molecule has 1 saturated carbocycles. The van der Waals surface area contributed by atoms with Crippen LogP contribution in [0.4, 0.5) is 0 Å². The van der Waals surface area contributed by atoms with Gasteiger partial charge in [-0.25, -0.2) is 0 Å². The quantitative estimate of drug-likeness (QED) is 0.708. The van der Waals surface area contributed by atoms with Crippen molar-refractivity contribution in [2.24, 2.45) is 11.3 Å². The highest BCUT2D eigenvalue weighted by atomic mass is 16.5. The first-order chi connectivity index (χ1) is 8.92. The Morgan fingerprint density at radius 1 is 1.16 bits per heavy atom. The molecule has 1 aliphatic heterocycles. The van der Waals surface area contributed by atoms with E-state index in [-0.39, 0.29) is 17.9 Å². The third-order valence-corrected chi connectivity index (χ3v) is 5.45. The molecule has 19 heavy (non-hydrogen) atoms. The van der Waals surface area contributed by atoms with E-state index in [0.717, 1.165) is 11.7 Å². The summed E-state index contributed by atoms with van der Waals surface area (Å²) in [6.07, 6.45) is 3.52. The van der Waals surface area contributed by atoms with Gasteiger partial charge in [-0.1, -0.05) is 62.7 Å². The lowest BCUT2D eigenvalue weighted by molar-refractivity contribution is -0.0401. The van der Waals surface area contributed by atoms with Gasteiger partial charge in [0.05, 0.1) is 5.60 Å². The van der Waals surface area contributed by atoms with Crippen molar-refractivity contribution >= 4 is 13.0 Å². The van der Waals surface area contributed by atoms with Crippen LogP contribution in [0.25, 0.3) is 6.08 Å². The van der Waals surface area contributed by atoms with Crippen LogP contribution in [0.5, 0.6) is 0 Å². The zero-order valence-corrected chi connectivity index (χ0v) is 12.4. The highest BCUT2D eigenvalue weighted by Gasteiger charge is 2.63. The fourth-order valence-corrected chi connectivity index (χ4v) is 3.39. The molecule has 0 aromatic heterocycles. The molecule has 2 unspecified atom stereocenters. The summed E-state index contributed by atoms with van der Waals surface area (Å²) >= 11 is 0. The average molecular weight is 254 g/mol. The third kappa shape index (κ3) is 2.16. The van der Waals surface area contributed by atoms with Crippen molar-refractivity contribution in [3.05, 3.63) is 41.9 Å². The Bertz CT molecular complexity index is 489. The molecule has 1 aromatic carbocycles. The number of rotatable bonds is 2. The Hall–Kier alpha value is -1.02. The Kier molecular flexibility index (Phi) is 2.90. The summed E-state index contributed by atoms with van der Waals surface area (Å²) in [5.74, 6) is 3.81. The minimum atomic E-state index is -0.0453. The van der Waals surface area contributed by atoms with Crippen LogP contribution in [0.15, 0.2) is 36.3 Å². The van der Waals surface area contributed by atoms with E-state index in [0.29, 0.717) is 0 Å². The van der Waals surface area contributed by atoms with Crippen molar-refractivity contribution in [2.75, 3.05) is 0 Å². The summed E-state index contributed by atoms with van der Waals surface area (Å²) < 4.78 is 6.38. The van der Waals surface area contributed by atoms with Crippen LogP contribution in [-0.4, -0.2) is 12.5 Å². The fourth-order valence-electron chi connectivity index (χ4n) is 3.39. The van der Waals surface area contributed by atoms with Crippen LogP contribution >= 0.6 is 0 Å². The van der Waals surface area contributed by atoms with Crippen LogP contribution < -0.4 is 0 Å². The van der Waals surface area contributed by atoms with Crippen LogP contribution in [0, 0.1) is 11.3 Å². The van der Waals surface area contributed by atoms with Gasteiger partial charge in [0.15, 0.2) is 0 Å². The second-order valence-corrected chi connectivity index (χ2v) is 7.09. The minimum Gasteiger partial charge on any atom is -0.426 e. The lowest BCUT2D eigenvalue weighted by atomic mass is 9.53. The lowest BCUT2D eigenvalue weighted by Crippen LogP contribution is -2.50. The second-order valence-electron chi connectivity index (χ2n) is 7.09. The number of hydrogen-bond acceptors (Lipinski definition) is 1. The van der Waals surface area contributed by atoms with E-state index in [1.165, 1.54) is 12.0 Å². The molecule has 1 heterocycles. The maximum Gasteiger partial charge on any atom is 0.323 e. The van der Waals surface area contributed by atoms with Crippen LogP contribution in [0.3, 0.4) is 0 Å². The summed E-state index contributed by atoms with van der Waals surface area (Å²) in [6.45, 7) is 9.48. The van der Waals surface area contributed by atoms with Gasteiger partial charge < -0.3 is 4.65 Å². The highest BCUT2D eigenvalue weighted by molar-refractivity contribution is 6.61. The molecule has 0 bridgehead atoms. The van der Waals surface area contributed by atoms with Gasteiger partial charge in [0.2, 0.25) is 0 Å². The van der Waals surface area contributed by atoms with Crippen LogP contribution in [0.2, 0.25) is 5.82 Å². The molecule has 1 aromatic rings. The summed E-state index contributed by atoms with van der Waals surface area (Å²) in [4.78, 5) is 0. The molecule has 0 spiro atoms. The molecular weight excluding hydrogens is 231 g/mol. The van der Waals surface area contributed by atoms with Crippen molar-refractivity contribution in [3.63, 3.8) is 0 Å². The summed E-state index contributed by atoms with van der Waals surface area (Å²) in [7, 11) is 0.